The number of anilines is 2. The molecule has 30 heavy (non-hydrogen) atoms. The molecular formula is C21H18ClFN2O4S. The third-order valence-corrected chi connectivity index (χ3v) is 6.22. The summed E-state index contributed by atoms with van der Waals surface area (Å²) >= 11 is 5.83. The molecule has 0 saturated heterocycles. The second kappa shape index (κ2) is 9.15. The Balaban J connectivity index is 1.92. The average molecular weight is 449 g/mol. The van der Waals surface area contributed by atoms with Crippen molar-refractivity contribution in [1.29, 1.82) is 0 Å². The third kappa shape index (κ3) is 5.08. The molecule has 1 amide bonds. The number of carbonyl (C=O) groups excluding carboxylic acids is 1. The highest BCUT2D eigenvalue weighted by molar-refractivity contribution is 7.92. The summed E-state index contributed by atoms with van der Waals surface area (Å²) in [5, 5.41) is 3.13. The van der Waals surface area contributed by atoms with E-state index in [1.807, 2.05) is 0 Å². The molecule has 0 heterocycles. The number of nitrogens with zero attached hydrogens (tertiary/aromatic N) is 1. The lowest BCUT2D eigenvalue weighted by Gasteiger charge is -2.24. The lowest BCUT2D eigenvalue weighted by atomic mass is 10.3. The van der Waals surface area contributed by atoms with Crippen molar-refractivity contribution in [2.75, 3.05) is 23.3 Å². The molecular weight excluding hydrogens is 431 g/mol. The summed E-state index contributed by atoms with van der Waals surface area (Å²) in [4.78, 5) is 12.5. The van der Waals surface area contributed by atoms with E-state index in [2.05, 4.69) is 5.32 Å². The molecule has 3 aromatic carbocycles. The highest BCUT2D eigenvalue weighted by Crippen LogP contribution is 2.25. The summed E-state index contributed by atoms with van der Waals surface area (Å²) in [7, 11) is -2.64. The first-order chi connectivity index (χ1) is 14.3. The van der Waals surface area contributed by atoms with Gasteiger partial charge in [-0.3, -0.25) is 9.10 Å². The number of nitrogens with one attached hydrogen (secondary N) is 1. The standard InChI is InChI=1S/C21H18ClFN2O4S/c1-29-19-10-12-20(13-11-19)30(27,28)25(18-8-4-16(23)5-9-18)14-21(26)24-17-6-2-15(22)3-7-17/h2-13H,14H2,1H3,(H,24,26). The lowest BCUT2D eigenvalue weighted by molar-refractivity contribution is -0.114. The van der Waals surface area contributed by atoms with Gasteiger partial charge in [0.15, 0.2) is 0 Å². The number of benzene rings is 3. The van der Waals surface area contributed by atoms with Gasteiger partial charge in [0.1, 0.15) is 18.1 Å². The summed E-state index contributed by atoms with van der Waals surface area (Å²) in [6, 6.07) is 17.0. The topological polar surface area (TPSA) is 75.7 Å². The minimum Gasteiger partial charge on any atom is -0.497 e. The summed E-state index contributed by atoms with van der Waals surface area (Å²) < 4.78 is 45.8. The maximum atomic E-state index is 13.4. The second-order valence-electron chi connectivity index (χ2n) is 6.22. The van der Waals surface area contributed by atoms with E-state index in [0.717, 1.165) is 16.4 Å². The molecule has 9 heteroatoms. The predicted molar refractivity (Wildman–Crippen MR) is 114 cm³/mol. The molecule has 0 saturated carbocycles. The van der Waals surface area contributed by atoms with E-state index in [-0.39, 0.29) is 10.6 Å². The van der Waals surface area contributed by atoms with Crippen LogP contribution in [0.4, 0.5) is 15.8 Å². The van der Waals surface area contributed by atoms with Crippen molar-refractivity contribution in [2.24, 2.45) is 0 Å². The molecule has 6 nitrogen and oxygen atoms in total. The van der Waals surface area contributed by atoms with Crippen LogP contribution in [0.15, 0.2) is 77.7 Å². The Morgan fingerprint density at radius 1 is 1.00 bits per heavy atom. The van der Waals surface area contributed by atoms with E-state index in [0.29, 0.717) is 16.5 Å². The molecule has 0 fully saturated rings. The first-order valence-corrected chi connectivity index (χ1v) is 10.6. The fourth-order valence-corrected chi connectivity index (χ4v) is 4.21. The molecule has 0 aliphatic heterocycles. The molecule has 156 valence electrons. The van der Waals surface area contributed by atoms with Gasteiger partial charge in [-0.2, -0.15) is 0 Å². The van der Waals surface area contributed by atoms with Crippen LogP contribution in [-0.4, -0.2) is 28.0 Å². The van der Waals surface area contributed by atoms with E-state index in [1.165, 1.54) is 43.5 Å². The van der Waals surface area contributed by atoms with Crippen LogP contribution in [0.1, 0.15) is 0 Å². The summed E-state index contributed by atoms with van der Waals surface area (Å²) in [6.07, 6.45) is 0. The number of halogens is 2. The SMILES string of the molecule is COc1ccc(S(=O)(=O)N(CC(=O)Nc2ccc(Cl)cc2)c2ccc(F)cc2)cc1. The minimum atomic E-state index is -4.11. The Kier molecular flexibility index (Phi) is 6.59. The van der Waals surface area contributed by atoms with Crippen LogP contribution >= 0.6 is 11.6 Å². The van der Waals surface area contributed by atoms with Crippen molar-refractivity contribution in [1.82, 2.24) is 0 Å². The Morgan fingerprint density at radius 2 is 1.60 bits per heavy atom. The number of ether oxygens (including phenoxy) is 1. The normalized spacial score (nSPS) is 11.0. The fourth-order valence-electron chi connectivity index (χ4n) is 2.66. The van der Waals surface area contributed by atoms with Gasteiger partial charge in [0.2, 0.25) is 5.91 Å². The number of amides is 1. The Morgan fingerprint density at radius 3 is 2.17 bits per heavy atom. The van der Waals surface area contributed by atoms with Gasteiger partial charge in [0, 0.05) is 10.7 Å². The van der Waals surface area contributed by atoms with E-state index in [1.54, 1.807) is 24.3 Å². The van der Waals surface area contributed by atoms with Gasteiger partial charge in [0.25, 0.3) is 10.0 Å². The lowest BCUT2D eigenvalue weighted by Crippen LogP contribution is -2.38. The highest BCUT2D eigenvalue weighted by Gasteiger charge is 2.27. The van der Waals surface area contributed by atoms with Crippen LogP contribution in [0, 0.1) is 5.82 Å². The Labute approximate surface area is 178 Å². The molecule has 0 bridgehead atoms. The Hall–Kier alpha value is -3.10. The van der Waals surface area contributed by atoms with Gasteiger partial charge in [-0.05, 0) is 72.8 Å². The molecule has 0 aliphatic carbocycles. The van der Waals surface area contributed by atoms with Gasteiger partial charge in [-0.1, -0.05) is 11.6 Å². The van der Waals surface area contributed by atoms with Gasteiger partial charge < -0.3 is 10.1 Å². The zero-order valence-corrected chi connectivity index (χ0v) is 17.5. The fraction of sp³-hybridized carbons (Fsp3) is 0.0952. The third-order valence-electron chi connectivity index (χ3n) is 4.18. The first-order valence-electron chi connectivity index (χ1n) is 8.77. The van der Waals surface area contributed by atoms with Gasteiger partial charge >= 0.3 is 0 Å². The number of hydrogen-bond acceptors (Lipinski definition) is 4. The number of rotatable bonds is 7. The quantitative estimate of drug-likeness (QED) is 0.584. The molecule has 0 radical (unpaired) electrons. The monoisotopic (exact) mass is 448 g/mol. The van der Waals surface area contributed by atoms with Crippen LogP contribution in [0.5, 0.6) is 5.75 Å². The van der Waals surface area contributed by atoms with Crippen molar-refractivity contribution in [3.05, 3.63) is 83.6 Å². The van der Waals surface area contributed by atoms with E-state index < -0.39 is 28.3 Å². The summed E-state index contributed by atoms with van der Waals surface area (Å²) in [5.41, 5.74) is 0.615. The zero-order chi connectivity index (χ0) is 21.7. The number of methoxy groups -OCH3 is 1. The van der Waals surface area contributed by atoms with Crippen molar-refractivity contribution in [3.63, 3.8) is 0 Å². The van der Waals surface area contributed by atoms with Gasteiger partial charge in [-0.25, -0.2) is 12.8 Å². The van der Waals surface area contributed by atoms with E-state index in [9.17, 15) is 17.6 Å². The van der Waals surface area contributed by atoms with Gasteiger partial charge in [0.05, 0.1) is 17.7 Å². The molecule has 1 N–H and O–H groups in total. The average Bonchev–Trinajstić information content (AvgIpc) is 2.74. The highest BCUT2D eigenvalue weighted by atomic mass is 35.5. The molecule has 0 aliphatic rings. The number of hydrogen-bond donors (Lipinski definition) is 1. The van der Waals surface area contributed by atoms with E-state index in [4.69, 9.17) is 16.3 Å². The van der Waals surface area contributed by atoms with E-state index >= 15 is 0 Å². The summed E-state index contributed by atoms with van der Waals surface area (Å²) in [5.74, 6) is -0.604. The predicted octanol–water partition coefficient (Wildman–Crippen LogP) is 4.32. The largest absolute Gasteiger partial charge is 0.497 e. The smallest absolute Gasteiger partial charge is 0.264 e. The Bertz CT molecular complexity index is 1120. The number of carbonyl (C=O) groups is 1. The summed E-state index contributed by atoms with van der Waals surface area (Å²) in [6.45, 7) is -0.511. The van der Waals surface area contributed by atoms with Crippen molar-refractivity contribution >= 4 is 38.9 Å². The van der Waals surface area contributed by atoms with Crippen LogP contribution in [0.3, 0.4) is 0 Å². The zero-order valence-electron chi connectivity index (χ0n) is 15.9. The van der Waals surface area contributed by atoms with Crippen LogP contribution in [-0.2, 0) is 14.8 Å². The first kappa shape index (κ1) is 21.6. The molecule has 3 rings (SSSR count). The molecule has 0 spiro atoms. The maximum Gasteiger partial charge on any atom is 0.264 e. The molecule has 0 aromatic heterocycles. The van der Waals surface area contributed by atoms with Crippen molar-refractivity contribution < 1.29 is 22.3 Å². The molecule has 3 aromatic rings. The van der Waals surface area contributed by atoms with Crippen molar-refractivity contribution in [2.45, 2.75) is 4.90 Å². The number of sulfonamides is 1. The maximum absolute atomic E-state index is 13.4. The minimum absolute atomic E-state index is 0.0353. The van der Waals surface area contributed by atoms with Gasteiger partial charge in [-0.15, -0.1) is 0 Å². The van der Waals surface area contributed by atoms with Crippen LogP contribution in [0.2, 0.25) is 5.02 Å². The van der Waals surface area contributed by atoms with Crippen LogP contribution in [0.25, 0.3) is 0 Å². The second-order valence-corrected chi connectivity index (χ2v) is 8.52. The molecule has 0 unspecified atom stereocenters. The van der Waals surface area contributed by atoms with Crippen molar-refractivity contribution in [3.8, 4) is 5.75 Å². The van der Waals surface area contributed by atoms with Crippen LogP contribution < -0.4 is 14.4 Å². The molecule has 0 atom stereocenters.